The summed E-state index contributed by atoms with van der Waals surface area (Å²) in [6.07, 6.45) is 2.85. The van der Waals surface area contributed by atoms with Crippen LogP contribution in [0.4, 0.5) is 4.79 Å². The number of ether oxygens (including phenoxy) is 1. The number of rotatable bonds is 1. The molecule has 1 aromatic rings. The Labute approximate surface area is 125 Å². The van der Waals surface area contributed by atoms with Gasteiger partial charge in [0.2, 0.25) is 0 Å². The summed E-state index contributed by atoms with van der Waals surface area (Å²) in [5.74, 6) is 0. The highest BCUT2D eigenvalue weighted by atomic mass is 32.1. The van der Waals surface area contributed by atoms with Gasteiger partial charge in [-0.3, -0.25) is 0 Å². The van der Waals surface area contributed by atoms with Gasteiger partial charge in [0.1, 0.15) is 5.60 Å². The van der Waals surface area contributed by atoms with E-state index in [1.807, 2.05) is 39.2 Å². The first-order valence-electron chi connectivity index (χ1n) is 7.22. The number of carbonyl (C=O) groups is 1. The first kappa shape index (κ1) is 15.4. The summed E-state index contributed by atoms with van der Waals surface area (Å²) in [4.78, 5) is 16.8. The monoisotopic (exact) mass is 295 g/mol. The van der Waals surface area contributed by atoms with Crippen molar-refractivity contribution in [1.29, 1.82) is 0 Å². The van der Waals surface area contributed by atoms with Crippen molar-refractivity contribution >= 4 is 17.4 Å². The van der Waals surface area contributed by atoms with Gasteiger partial charge in [-0.1, -0.05) is 0 Å². The van der Waals surface area contributed by atoms with Gasteiger partial charge in [-0.15, -0.1) is 11.3 Å². The fourth-order valence-corrected chi connectivity index (χ4v) is 3.98. The smallest absolute Gasteiger partial charge is 0.410 e. The summed E-state index contributed by atoms with van der Waals surface area (Å²) in [6.45, 7) is 10.1. The van der Waals surface area contributed by atoms with E-state index < -0.39 is 5.60 Å². The number of hydrogen-bond acceptors (Lipinski definition) is 3. The standard InChI is InChI=1S/C16H25NO2S/c1-10-11(2)20-14-9-12(7-8-13(10)14)17(6)15(18)19-16(3,4)5/h12H,7-9H2,1-6H3. The molecular weight excluding hydrogens is 270 g/mol. The number of amides is 1. The Balaban J connectivity index is 2.07. The van der Waals surface area contributed by atoms with Crippen LogP contribution in [-0.4, -0.2) is 29.7 Å². The molecule has 2 rings (SSSR count). The molecule has 0 saturated heterocycles. The second kappa shape index (κ2) is 5.40. The molecule has 0 aliphatic heterocycles. The first-order valence-corrected chi connectivity index (χ1v) is 8.04. The third-order valence-electron chi connectivity index (χ3n) is 3.97. The van der Waals surface area contributed by atoms with E-state index in [0.29, 0.717) is 0 Å². The summed E-state index contributed by atoms with van der Waals surface area (Å²) in [5, 5.41) is 0. The quantitative estimate of drug-likeness (QED) is 0.781. The highest BCUT2D eigenvalue weighted by Crippen LogP contribution is 2.34. The van der Waals surface area contributed by atoms with Crippen LogP contribution in [0.15, 0.2) is 0 Å². The average Bonchev–Trinajstić information content (AvgIpc) is 2.61. The molecule has 0 N–H and O–H groups in total. The van der Waals surface area contributed by atoms with Crippen molar-refractivity contribution in [2.75, 3.05) is 7.05 Å². The van der Waals surface area contributed by atoms with Gasteiger partial charge in [0.15, 0.2) is 0 Å². The minimum Gasteiger partial charge on any atom is -0.444 e. The van der Waals surface area contributed by atoms with Crippen molar-refractivity contribution in [3.05, 3.63) is 20.9 Å². The molecule has 0 bridgehead atoms. The lowest BCUT2D eigenvalue weighted by Crippen LogP contribution is -2.43. The molecule has 0 fully saturated rings. The van der Waals surface area contributed by atoms with Crippen molar-refractivity contribution in [2.45, 2.75) is 65.5 Å². The molecule has 1 aliphatic carbocycles. The number of hydrogen-bond donors (Lipinski definition) is 0. The number of nitrogens with zero attached hydrogens (tertiary/aromatic N) is 1. The molecular formula is C16H25NO2S. The average molecular weight is 295 g/mol. The SMILES string of the molecule is Cc1sc2c(c1C)CCC(N(C)C(=O)OC(C)(C)C)C2. The fraction of sp³-hybridized carbons (Fsp3) is 0.688. The van der Waals surface area contributed by atoms with E-state index in [1.54, 1.807) is 4.90 Å². The zero-order chi connectivity index (χ0) is 15.1. The lowest BCUT2D eigenvalue weighted by molar-refractivity contribution is 0.0211. The molecule has 0 aromatic carbocycles. The minimum atomic E-state index is -0.429. The number of likely N-dealkylation sites (N-methyl/N-ethyl adjacent to an activating group) is 1. The number of aryl methyl sites for hydroxylation is 1. The van der Waals surface area contributed by atoms with Crippen LogP contribution in [0.3, 0.4) is 0 Å². The maximum Gasteiger partial charge on any atom is 0.410 e. The van der Waals surface area contributed by atoms with Crippen molar-refractivity contribution in [3.8, 4) is 0 Å². The summed E-state index contributed by atoms with van der Waals surface area (Å²) in [7, 11) is 1.86. The van der Waals surface area contributed by atoms with Gasteiger partial charge in [-0.2, -0.15) is 0 Å². The van der Waals surface area contributed by atoms with Gasteiger partial charge in [-0.05, 0) is 58.6 Å². The Morgan fingerprint density at radius 1 is 1.35 bits per heavy atom. The topological polar surface area (TPSA) is 29.5 Å². The summed E-state index contributed by atoms with van der Waals surface area (Å²) in [6, 6.07) is 0.259. The molecule has 0 saturated carbocycles. The highest BCUT2D eigenvalue weighted by Gasteiger charge is 2.30. The summed E-state index contributed by atoms with van der Waals surface area (Å²) >= 11 is 1.88. The molecule has 112 valence electrons. The van der Waals surface area contributed by atoms with E-state index in [4.69, 9.17) is 4.74 Å². The molecule has 4 heteroatoms. The molecule has 1 heterocycles. The van der Waals surface area contributed by atoms with E-state index >= 15 is 0 Å². The Morgan fingerprint density at radius 2 is 2.00 bits per heavy atom. The van der Waals surface area contributed by atoms with Gasteiger partial charge >= 0.3 is 6.09 Å². The Bertz CT molecular complexity index is 513. The van der Waals surface area contributed by atoms with E-state index in [0.717, 1.165) is 19.3 Å². The fourth-order valence-electron chi connectivity index (χ4n) is 2.68. The van der Waals surface area contributed by atoms with Gasteiger partial charge < -0.3 is 9.64 Å². The van der Waals surface area contributed by atoms with Crippen molar-refractivity contribution in [2.24, 2.45) is 0 Å². The maximum absolute atomic E-state index is 12.1. The third-order valence-corrected chi connectivity index (χ3v) is 5.24. The second-order valence-electron chi connectivity index (χ2n) is 6.67. The molecule has 1 atom stereocenters. The molecule has 3 nitrogen and oxygen atoms in total. The van der Waals surface area contributed by atoms with Crippen LogP contribution in [0.2, 0.25) is 0 Å². The number of carbonyl (C=O) groups excluding carboxylic acids is 1. The normalized spacial score (nSPS) is 18.6. The van der Waals surface area contributed by atoms with Crippen LogP contribution in [-0.2, 0) is 17.6 Å². The summed E-state index contributed by atoms with van der Waals surface area (Å²) in [5.41, 5.74) is 2.53. The zero-order valence-corrected chi connectivity index (χ0v) is 14.2. The number of thiophene rings is 1. The third kappa shape index (κ3) is 3.17. The van der Waals surface area contributed by atoms with Gasteiger partial charge in [-0.25, -0.2) is 4.79 Å². The van der Waals surface area contributed by atoms with Crippen LogP contribution in [0, 0.1) is 13.8 Å². The zero-order valence-electron chi connectivity index (χ0n) is 13.4. The molecule has 1 unspecified atom stereocenters. The van der Waals surface area contributed by atoms with Crippen LogP contribution in [0.5, 0.6) is 0 Å². The van der Waals surface area contributed by atoms with Crippen LogP contribution >= 0.6 is 11.3 Å². The van der Waals surface area contributed by atoms with Crippen LogP contribution in [0.25, 0.3) is 0 Å². The predicted molar refractivity (Wildman–Crippen MR) is 83.6 cm³/mol. The Morgan fingerprint density at radius 3 is 2.60 bits per heavy atom. The maximum atomic E-state index is 12.1. The van der Waals surface area contributed by atoms with Crippen molar-refractivity contribution < 1.29 is 9.53 Å². The number of fused-ring (bicyclic) bond motifs is 1. The van der Waals surface area contributed by atoms with E-state index in [-0.39, 0.29) is 12.1 Å². The lowest BCUT2D eigenvalue weighted by Gasteiger charge is -2.33. The van der Waals surface area contributed by atoms with Crippen molar-refractivity contribution in [1.82, 2.24) is 4.90 Å². The van der Waals surface area contributed by atoms with E-state index in [1.165, 1.54) is 20.9 Å². The molecule has 0 radical (unpaired) electrons. The largest absolute Gasteiger partial charge is 0.444 e. The van der Waals surface area contributed by atoms with Gasteiger partial charge in [0, 0.05) is 29.3 Å². The molecule has 1 aliphatic rings. The molecule has 1 amide bonds. The van der Waals surface area contributed by atoms with Crippen molar-refractivity contribution in [3.63, 3.8) is 0 Å². The van der Waals surface area contributed by atoms with E-state index in [9.17, 15) is 4.79 Å². The second-order valence-corrected chi connectivity index (χ2v) is 7.98. The predicted octanol–water partition coefficient (Wildman–Crippen LogP) is 4.09. The molecule has 1 aromatic heterocycles. The lowest BCUT2D eigenvalue weighted by atomic mass is 9.91. The Hall–Kier alpha value is -1.03. The highest BCUT2D eigenvalue weighted by molar-refractivity contribution is 7.12. The Kier molecular flexibility index (Phi) is 4.14. The molecule has 20 heavy (non-hydrogen) atoms. The molecule has 0 spiro atoms. The van der Waals surface area contributed by atoms with E-state index in [2.05, 4.69) is 13.8 Å². The van der Waals surface area contributed by atoms with Gasteiger partial charge in [0.25, 0.3) is 0 Å². The minimum absolute atomic E-state index is 0.212. The van der Waals surface area contributed by atoms with Gasteiger partial charge in [0.05, 0.1) is 0 Å². The van der Waals surface area contributed by atoms with Crippen LogP contribution in [0.1, 0.15) is 48.1 Å². The van der Waals surface area contributed by atoms with Crippen LogP contribution < -0.4 is 0 Å². The first-order chi connectivity index (χ1) is 9.19. The summed E-state index contributed by atoms with van der Waals surface area (Å²) < 4.78 is 5.46.